The number of hydrogen-bond acceptors (Lipinski definition) is 1. The van der Waals surface area contributed by atoms with Crippen molar-refractivity contribution < 1.29 is 4.57 Å². The van der Waals surface area contributed by atoms with Crippen LogP contribution in [0.2, 0.25) is 0 Å². The molecule has 0 aromatic rings. The number of rotatable bonds is 1. The molecular formula is C5H10ClOP. The molecule has 1 aliphatic carbocycles. The van der Waals surface area contributed by atoms with Crippen LogP contribution in [-0.2, 0) is 4.57 Å². The van der Waals surface area contributed by atoms with Crippen molar-refractivity contribution in [2.45, 2.75) is 31.3 Å². The first-order valence-electron chi connectivity index (χ1n) is 3.00. The summed E-state index contributed by atoms with van der Waals surface area (Å²) >= 11 is 5.43. The summed E-state index contributed by atoms with van der Waals surface area (Å²) in [7, 11) is -1.69. The maximum atomic E-state index is 10.6. The lowest BCUT2D eigenvalue weighted by molar-refractivity contribution is 0.587. The van der Waals surface area contributed by atoms with E-state index in [1.54, 1.807) is 0 Å². The lowest BCUT2D eigenvalue weighted by Crippen LogP contribution is -1.87. The molecule has 0 saturated heterocycles. The van der Waals surface area contributed by atoms with Crippen molar-refractivity contribution in [1.82, 2.24) is 0 Å². The van der Waals surface area contributed by atoms with Gasteiger partial charge in [0.25, 0.3) is 0 Å². The SMILES string of the molecule is O=[PH](Cl)C1CCCC1. The van der Waals surface area contributed by atoms with Crippen LogP contribution in [0, 0.1) is 0 Å². The van der Waals surface area contributed by atoms with E-state index >= 15 is 0 Å². The Morgan fingerprint density at radius 3 is 2.12 bits per heavy atom. The molecule has 1 nitrogen and oxygen atoms in total. The van der Waals surface area contributed by atoms with E-state index in [0.717, 1.165) is 12.8 Å². The minimum atomic E-state index is -1.69. The van der Waals surface area contributed by atoms with Gasteiger partial charge in [-0.1, -0.05) is 24.1 Å². The van der Waals surface area contributed by atoms with Gasteiger partial charge < -0.3 is 4.57 Å². The Balaban J connectivity index is 2.35. The van der Waals surface area contributed by atoms with Gasteiger partial charge in [0, 0.05) is 5.66 Å². The molecule has 0 radical (unpaired) electrons. The monoisotopic (exact) mass is 152 g/mol. The molecule has 1 fully saturated rings. The van der Waals surface area contributed by atoms with Crippen LogP contribution < -0.4 is 0 Å². The highest BCUT2D eigenvalue weighted by Gasteiger charge is 2.18. The molecule has 0 aromatic heterocycles. The van der Waals surface area contributed by atoms with Gasteiger partial charge >= 0.3 is 0 Å². The van der Waals surface area contributed by atoms with Crippen LogP contribution in [-0.4, -0.2) is 5.66 Å². The summed E-state index contributed by atoms with van der Waals surface area (Å²) in [6.07, 6.45) is 4.66. The minimum absolute atomic E-state index is 0.377. The van der Waals surface area contributed by atoms with Crippen LogP contribution in [0.25, 0.3) is 0 Å². The highest BCUT2D eigenvalue weighted by molar-refractivity contribution is 7.74. The molecule has 0 bridgehead atoms. The number of hydrogen-bond donors (Lipinski definition) is 0. The normalized spacial score (nSPS) is 26.1. The van der Waals surface area contributed by atoms with E-state index in [-0.39, 0.29) is 0 Å². The van der Waals surface area contributed by atoms with Gasteiger partial charge in [-0.3, -0.25) is 0 Å². The summed E-state index contributed by atoms with van der Waals surface area (Å²) in [5, 5.41) is 0. The molecule has 1 aliphatic rings. The third-order valence-corrected chi connectivity index (χ3v) is 3.82. The van der Waals surface area contributed by atoms with E-state index in [0.29, 0.717) is 5.66 Å². The van der Waals surface area contributed by atoms with Crippen molar-refractivity contribution in [2.75, 3.05) is 0 Å². The second-order valence-electron chi connectivity index (χ2n) is 2.29. The van der Waals surface area contributed by atoms with E-state index in [1.807, 2.05) is 0 Å². The molecule has 0 N–H and O–H groups in total. The lowest BCUT2D eigenvalue weighted by Gasteiger charge is -1.98. The third kappa shape index (κ3) is 1.50. The second-order valence-corrected chi connectivity index (χ2v) is 4.83. The Kier molecular flexibility index (Phi) is 2.40. The molecule has 0 spiro atoms. The zero-order valence-electron chi connectivity index (χ0n) is 4.69. The predicted octanol–water partition coefficient (Wildman–Crippen LogP) is 2.64. The maximum absolute atomic E-state index is 10.6. The van der Waals surface area contributed by atoms with E-state index in [9.17, 15) is 4.57 Å². The summed E-state index contributed by atoms with van der Waals surface area (Å²) < 4.78 is 10.6. The summed E-state index contributed by atoms with van der Waals surface area (Å²) in [4.78, 5) is 0. The van der Waals surface area contributed by atoms with E-state index in [2.05, 4.69) is 0 Å². The van der Waals surface area contributed by atoms with Crippen molar-refractivity contribution >= 4 is 18.4 Å². The maximum Gasteiger partial charge on any atom is 0.161 e. The molecule has 1 rings (SSSR count). The molecule has 8 heavy (non-hydrogen) atoms. The summed E-state index contributed by atoms with van der Waals surface area (Å²) in [6.45, 7) is 0. The fourth-order valence-electron chi connectivity index (χ4n) is 1.15. The van der Waals surface area contributed by atoms with Crippen molar-refractivity contribution in [1.29, 1.82) is 0 Å². The topological polar surface area (TPSA) is 17.1 Å². The second kappa shape index (κ2) is 2.89. The minimum Gasteiger partial charge on any atom is -0.310 e. The summed E-state index contributed by atoms with van der Waals surface area (Å²) in [6, 6.07) is 0. The molecular weight excluding hydrogens is 142 g/mol. The first kappa shape index (κ1) is 6.64. The van der Waals surface area contributed by atoms with E-state index in [1.165, 1.54) is 12.8 Å². The average Bonchev–Trinajstić information content (AvgIpc) is 2.12. The molecule has 1 unspecified atom stereocenters. The molecule has 48 valence electrons. The molecule has 1 saturated carbocycles. The molecule has 0 aromatic carbocycles. The van der Waals surface area contributed by atoms with Crippen LogP contribution in [0.15, 0.2) is 0 Å². The Hall–Kier alpha value is 0.520. The lowest BCUT2D eigenvalue weighted by atomic mass is 10.4. The Labute approximate surface area is 55.0 Å². The summed E-state index contributed by atoms with van der Waals surface area (Å²) in [5.74, 6) is 0. The van der Waals surface area contributed by atoms with Crippen molar-refractivity contribution in [2.24, 2.45) is 0 Å². The third-order valence-electron chi connectivity index (χ3n) is 1.68. The molecule has 0 aliphatic heterocycles. The largest absolute Gasteiger partial charge is 0.310 e. The fourth-order valence-corrected chi connectivity index (χ4v) is 2.67. The van der Waals surface area contributed by atoms with Gasteiger partial charge in [0.1, 0.15) is 0 Å². The highest BCUT2D eigenvalue weighted by Crippen LogP contribution is 2.42. The van der Waals surface area contributed by atoms with Gasteiger partial charge in [-0.2, -0.15) is 0 Å². The van der Waals surface area contributed by atoms with E-state index < -0.39 is 7.15 Å². The van der Waals surface area contributed by atoms with Crippen LogP contribution in [0.1, 0.15) is 25.7 Å². The van der Waals surface area contributed by atoms with Crippen molar-refractivity contribution in [3.63, 3.8) is 0 Å². The average molecular weight is 153 g/mol. The quantitative estimate of drug-likeness (QED) is 0.528. The first-order valence-corrected chi connectivity index (χ1v) is 5.50. The smallest absolute Gasteiger partial charge is 0.161 e. The first-order chi connectivity index (χ1) is 3.80. The highest BCUT2D eigenvalue weighted by atomic mass is 35.7. The standard InChI is InChI=1S/C5H10ClOP/c6-8(7)5-3-1-2-4-5/h5,8H,1-4H2. The van der Waals surface area contributed by atoms with Crippen LogP contribution in [0.5, 0.6) is 0 Å². The van der Waals surface area contributed by atoms with Crippen LogP contribution in [0.3, 0.4) is 0 Å². The van der Waals surface area contributed by atoms with E-state index in [4.69, 9.17) is 11.2 Å². The Bertz CT molecular complexity index is 98.6. The Morgan fingerprint density at radius 1 is 1.38 bits per heavy atom. The van der Waals surface area contributed by atoms with Crippen molar-refractivity contribution in [3.05, 3.63) is 0 Å². The van der Waals surface area contributed by atoms with Crippen LogP contribution >= 0.6 is 18.4 Å². The van der Waals surface area contributed by atoms with Gasteiger partial charge in [0.15, 0.2) is 7.15 Å². The van der Waals surface area contributed by atoms with Gasteiger partial charge in [-0.05, 0) is 12.8 Å². The number of halogens is 1. The zero-order chi connectivity index (χ0) is 5.98. The summed E-state index contributed by atoms with van der Waals surface area (Å²) in [5.41, 5.74) is 0.377. The van der Waals surface area contributed by atoms with Gasteiger partial charge in [0.2, 0.25) is 0 Å². The van der Waals surface area contributed by atoms with Gasteiger partial charge in [-0.15, -0.1) is 0 Å². The zero-order valence-corrected chi connectivity index (χ0v) is 6.45. The van der Waals surface area contributed by atoms with Gasteiger partial charge in [0.05, 0.1) is 0 Å². The van der Waals surface area contributed by atoms with Crippen molar-refractivity contribution in [3.8, 4) is 0 Å². The van der Waals surface area contributed by atoms with Gasteiger partial charge in [-0.25, -0.2) is 0 Å². The fraction of sp³-hybridized carbons (Fsp3) is 1.00. The Morgan fingerprint density at radius 2 is 1.88 bits per heavy atom. The molecule has 1 atom stereocenters. The molecule has 3 heteroatoms. The molecule has 0 heterocycles. The van der Waals surface area contributed by atoms with Crippen LogP contribution in [0.4, 0.5) is 0 Å². The molecule has 0 amide bonds. The predicted molar refractivity (Wildman–Crippen MR) is 37.1 cm³/mol.